The summed E-state index contributed by atoms with van der Waals surface area (Å²) in [6.45, 7) is 0. The van der Waals surface area contributed by atoms with Gasteiger partial charge in [-0.25, -0.2) is 4.39 Å². The predicted octanol–water partition coefficient (Wildman–Crippen LogP) is 4.39. The molecule has 4 nitrogen and oxygen atoms in total. The van der Waals surface area contributed by atoms with Gasteiger partial charge in [0.1, 0.15) is 0 Å². The van der Waals surface area contributed by atoms with E-state index < -0.39 is 11.7 Å². The van der Waals surface area contributed by atoms with Gasteiger partial charge in [0.25, 0.3) is 0 Å². The maximum absolute atomic E-state index is 14.1. The highest BCUT2D eigenvalue weighted by Gasteiger charge is 2.17. The van der Waals surface area contributed by atoms with Gasteiger partial charge in [-0.1, -0.05) is 48.5 Å². The van der Waals surface area contributed by atoms with Crippen molar-refractivity contribution in [3.63, 3.8) is 0 Å². The van der Waals surface area contributed by atoms with Gasteiger partial charge in [0.2, 0.25) is 5.91 Å². The third kappa shape index (κ3) is 2.69. The van der Waals surface area contributed by atoms with Crippen molar-refractivity contribution in [2.24, 2.45) is 5.73 Å². The second kappa shape index (κ2) is 6.37. The lowest BCUT2D eigenvalue weighted by Gasteiger charge is -2.13. The largest absolute Gasteiger partial charge is 0.372 e. The molecular weight excluding hydrogens is 331 g/mol. The van der Waals surface area contributed by atoms with Gasteiger partial charge >= 0.3 is 0 Å². The number of amides is 1. The Balaban J connectivity index is 1.98. The van der Waals surface area contributed by atoms with E-state index in [4.69, 9.17) is 10.6 Å². The molecular formula is C21H15FN2O2. The number of halogens is 1. The highest BCUT2D eigenvalue weighted by molar-refractivity contribution is 6.07. The van der Waals surface area contributed by atoms with Crippen molar-refractivity contribution in [2.45, 2.75) is 0 Å². The van der Waals surface area contributed by atoms with Gasteiger partial charge in [0.15, 0.2) is 11.6 Å². The quantitative estimate of drug-likeness (QED) is 0.596. The lowest BCUT2D eigenvalue weighted by atomic mass is 10.1. The Bertz CT molecular complexity index is 1100. The number of fused-ring (bicyclic) bond motifs is 1. The molecule has 0 fully saturated rings. The lowest BCUT2D eigenvalue weighted by Crippen LogP contribution is -2.11. The molecule has 3 aromatic carbocycles. The number of nitrogens with zero attached hydrogens (tertiary/aromatic N) is 1. The van der Waals surface area contributed by atoms with Crippen molar-refractivity contribution in [2.75, 3.05) is 0 Å². The number of benzene rings is 3. The normalized spacial score (nSPS) is 10.8. The lowest BCUT2D eigenvalue weighted by molar-refractivity contribution is 0.100. The summed E-state index contributed by atoms with van der Waals surface area (Å²) in [5.41, 5.74) is 8.08. The van der Waals surface area contributed by atoms with Crippen molar-refractivity contribution in [1.82, 2.24) is 4.73 Å². The first-order chi connectivity index (χ1) is 12.6. The van der Waals surface area contributed by atoms with E-state index in [2.05, 4.69) is 0 Å². The summed E-state index contributed by atoms with van der Waals surface area (Å²) in [4.78, 5) is 17.7. The van der Waals surface area contributed by atoms with Crippen molar-refractivity contribution >= 4 is 16.8 Å². The molecule has 1 aromatic heterocycles. The molecule has 1 heterocycles. The van der Waals surface area contributed by atoms with Crippen LogP contribution in [-0.2, 0) is 0 Å². The number of carbonyl (C=O) groups is 1. The van der Waals surface area contributed by atoms with E-state index in [1.807, 2.05) is 36.4 Å². The van der Waals surface area contributed by atoms with Crippen LogP contribution in [0.5, 0.6) is 5.75 Å². The van der Waals surface area contributed by atoms with Crippen molar-refractivity contribution in [1.29, 1.82) is 0 Å². The van der Waals surface area contributed by atoms with E-state index in [-0.39, 0.29) is 5.75 Å². The second-order valence-electron chi connectivity index (χ2n) is 5.81. The van der Waals surface area contributed by atoms with E-state index in [0.717, 1.165) is 5.56 Å². The van der Waals surface area contributed by atoms with Gasteiger partial charge in [-0.3, -0.25) is 4.79 Å². The Morgan fingerprint density at radius 3 is 2.38 bits per heavy atom. The first-order valence-corrected chi connectivity index (χ1v) is 8.08. The summed E-state index contributed by atoms with van der Waals surface area (Å²) in [5.74, 6) is -0.913. The zero-order valence-electron chi connectivity index (χ0n) is 13.7. The smallest absolute Gasteiger partial charge is 0.249 e. The van der Waals surface area contributed by atoms with E-state index in [0.29, 0.717) is 22.2 Å². The van der Waals surface area contributed by atoms with E-state index in [1.165, 1.54) is 10.8 Å². The van der Waals surface area contributed by atoms with Crippen LogP contribution < -0.4 is 10.6 Å². The monoisotopic (exact) mass is 346 g/mol. The number of nitrogens with two attached hydrogens (primary N) is 1. The number of rotatable bonds is 4. The first kappa shape index (κ1) is 15.9. The number of para-hydroxylation sites is 1. The van der Waals surface area contributed by atoms with Crippen LogP contribution in [0.3, 0.4) is 0 Å². The van der Waals surface area contributed by atoms with Crippen LogP contribution in [0.4, 0.5) is 4.39 Å². The SMILES string of the molecule is NC(=O)c1cccc2c1cc(-c1ccccc1)n2Oc1ccccc1F. The molecule has 2 N–H and O–H groups in total. The Hall–Kier alpha value is -3.60. The zero-order chi connectivity index (χ0) is 18.1. The molecule has 0 aliphatic carbocycles. The van der Waals surface area contributed by atoms with Crippen LogP contribution in [0.2, 0.25) is 0 Å². The molecule has 4 rings (SSSR count). The summed E-state index contributed by atoms with van der Waals surface area (Å²) in [5, 5.41) is 0.648. The topological polar surface area (TPSA) is 57.2 Å². The summed E-state index contributed by atoms with van der Waals surface area (Å²) < 4.78 is 15.6. The van der Waals surface area contributed by atoms with Crippen molar-refractivity contribution < 1.29 is 14.0 Å². The highest BCUT2D eigenvalue weighted by Crippen LogP contribution is 2.31. The van der Waals surface area contributed by atoms with Gasteiger partial charge in [-0.2, -0.15) is 4.73 Å². The summed E-state index contributed by atoms with van der Waals surface area (Å²) in [6.07, 6.45) is 0. The zero-order valence-corrected chi connectivity index (χ0v) is 13.7. The van der Waals surface area contributed by atoms with Gasteiger partial charge in [-0.15, -0.1) is 0 Å². The third-order valence-corrected chi connectivity index (χ3v) is 4.16. The third-order valence-electron chi connectivity index (χ3n) is 4.16. The van der Waals surface area contributed by atoms with Crippen LogP contribution in [0.15, 0.2) is 78.9 Å². The molecule has 0 unspecified atom stereocenters. The fraction of sp³-hybridized carbons (Fsp3) is 0. The van der Waals surface area contributed by atoms with E-state index in [1.54, 1.807) is 36.4 Å². The standard InChI is InChI=1S/C21H15FN2O2/c22-17-10-4-5-12-20(17)26-24-18-11-6-9-15(21(23)25)16(18)13-19(24)14-7-2-1-3-8-14/h1-13H,(H2,23,25). The molecule has 5 heteroatoms. The van der Waals surface area contributed by atoms with Gasteiger partial charge < -0.3 is 10.6 Å². The molecule has 1 amide bonds. The molecule has 26 heavy (non-hydrogen) atoms. The Kier molecular flexibility index (Phi) is 3.89. The molecule has 0 saturated heterocycles. The van der Waals surface area contributed by atoms with Gasteiger partial charge in [-0.05, 0) is 30.3 Å². The van der Waals surface area contributed by atoms with E-state index >= 15 is 0 Å². The van der Waals surface area contributed by atoms with Crippen LogP contribution in [0.1, 0.15) is 10.4 Å². The molecule has 0 aliphatic rings. The van der Waals surface area contributed by atoms with Crippen LogP contribution >= 0.6 is 0 Å². The molecule has 0 aliphatic heterocycles. The second-order valence-corrected chi connectivity index (χ2v) is 5.81. The Labute approximate surface area is 149 Å². The molecule has 0 bridgehead atoms. The minimum atomic E-state index is -0.529. The van der Waals surface area contributed by atoms with Gasteiger partial charge in [0, 0.05) is 16.5 Å². The molecule has 0 atom stereocenters. The fourth-order valence-electron chi connectivity index (χ4n) is 2.95. The maximum Gasteiger partial charge on any atom is 0.249 e. The molecule has 4 aromatic rings. The number of carbonyl (C=O) groups excluding carboxylic acids is 1. The summed E-state index contributed by atoms with van der Waals surface area (Å²) >= 11 is 0. The predicted molar refractivity (Wildman–Crippen MR) is 98.3 cm³/mol. The fourth-order valence-corrected chi connectivity index (χ4v) is 2.95. The molecule has 0 radical (unpaired) electrons. The van der Waals surface area contributed by atoms with Crippen molar-refractivity contribution in [3.8, 4) is 17.0 Å². The van der Waals surface area contributed by atoms with Crippen LogP contribution in [0, 0.1) is 5.82 Å². The summed E-state index contributed by atoms with van der Waals surface area (Å²) in [6, 6.07) is 22.7. The number of hydrogen-bond acceptors (Lipinski definition) is 2. The minimum absolute atomic E-state index is 0.0895. The number of aromatic nitrogens is 1. The Morgan fingerprint density at radius 2 is 1.65 bits per heavy atom. The Morgan fingerprint density at radius 1 is 0.923 bits per heavy atom. The number of primary amides is 1. The average molecular weight is 346 g/mol. The van der Waals surface area contributed by atoms with Crippen LogP contribution in [-0.4, -0.2) is 10.6 Å². The highest BCUT2D eigenvalue weighted by atomic mass is 19.1. The first-order valence-electron chi connectivity index (χ1n) is 8.08. The molecule has 128 valence electrons. The average Bonchev–Trinajstić information content (AvgIpc) is 3.03. The summed E-state index contributed by atoms with van der Waals surface area (Å²) in [7, 11) is 0. The minimum Gasteiger partial charge on any atom is -0.372 e. The van der Waals surface area contributed by atoms with Crippen molar-refractivity contribution in [3.05, 3.63) is 90.2 Å². The van der Waals surface area contributed by atoms with Gasteiger partial charge in [0.05, 0.1) is 11.2 Å². The molecule has 0 saturated carbocycles. The van der Waals surface area contributed by atoms with Crippen LogP contribution in [0.25, 0.3) is 22.2 Å². The number of hydrogen-bond donors (Lipinski definition) is 1. The maximum atomic E-state index is 14.1. The molecule has 0 spiro atoms. The van der Waals surface area contributed by atoms with E-state index in [9.17, 15) is 9.18 Å².